The second kappa shape index (κ2) is 11.9. The number of benzene rings is 1. The van der Waals surface area contributed by atoms with E-state index in [1.807, 2.05) is 24.3 Å². The van der Waals surface area contributed by atoms with Crippen molar-refractivity contribution >= 4 is 23.3 Å². The van der Waals surface area contributed by atoms with Crippen molar-refractivity contribution in [3.63, 3.8) is 0 Å². The summed E-state index contributed by atoms with van der Waals surface area (Å²) in [6, 6.07) is 9.24. The first-order valence-electron chi connectivity index (χ1n) is 9.04. The Morgan fingerprint density at radius 2 is 1.97 bits per heavy atom. The number of carbonyl (C=O) groups is 1. The summed E-state index contributed by atoms with van der Waals surface area (Å²) in [6.45, 7) is 1.87. The molecule has 0 unspecified atom stereocenters. The highest BCUT2D eigenvalue weighted by Gasteiger charge is 2.14. The molecule has 0 bridgehead atoms. The molecule has 0 atom stereocenters. The number of nitrogens with two attached hydrogens (primary N) is 1. The summed E-state index contributed by atoms with van der Waals surface area (Å²) >= 11 is 5.79. The second-order valence-electron chi connectivity index (χ2n) is 6.19. The van der Waals surface area contributed by atoms with Crippen LogP contribution in [-0.2, 0) is 13.2 Å². The van der Waals surface area contributed by atoms with Gasteiger partial charge in [-0.15, -0.1) is 0 Å². The van der Waals surface area contributed by atoms with Gasteiger partial charge in [0.1, 0.15) is 11.8 Å². The smallest absolute Gasteiger partial charge is 0.277 e. The van der Waals surface area contributed by atoms with Crippen LogP contribution in [0.15, 0.2) is 41.2 Å². The number of methoxy groups -OCH3 is 1. The predicted octanol–water partition coefficient (Wildman–Crippen LogP) is -1.19. The molecule has 0 fully saturated rings. The van der Waals surface area contributed by atoms with E-state index >= 15 is 0 Å². The van der Waals surface area contributed by atoms with Gasteiger partial charge < -0.3 is 38.2 Å². The van der Waals surface area contributed by atoms with E-state index in [9.17, 15) is 4.79 Å². The normalized spacial score (nSPS) is 10.3. The minimum Gasteiger partial charge on any atom is -1.00 e. The van der Waals surface area contributed by atoms with Gasteiger partial charge in [0.25, 0.3) is 5.91 Å². The zero-order valence-electron chi connectivity index (χ0n) is 16.6. The molecule has 1 aromatic carbocycles. The zero-order valence-corrected chi connectivity index (χ0v) is 18.1. The number of anilines is 1. The fourth-order valence-electron chi connectivity index (χ4n) is 2.53. The van der Waals surface area contributed by atoms with E-state index in [1.54, 1.807) is 19.4 Å². The Labute approximate surface area is 189 Å². The Bertz CT molecular complexity index is 984. The van der Waals surface area contributed by atoms with Crippen molar-refractivity contribution in [1.29, 1.82) is 0 Å². The topological polar surface area (TPSA) is 137 Å². The molecule has 0 radical (unpaired) electrons. The molecule has 1 amide bonds. The molecule has 10 nitrogen and oxygen atoms in total. The first-order chi connectivity index (χ1) is 14.6. The first-order valence-corrected chi connectivity index (χ1v) is 9.41. The highest BCUT2D eigenvalue weighted by molar-refractivity contribution is 6.29. The van der Waals surface area contributed by atoms with E-state index in [1.165, 1.54) is 0 Å². The molecule has 3 aromatic rings. The van der Waals surface area contributed by atoms with Crippen LogP contribution < -0.4 is 38.2 Å². The summed E-state index contributed by atoms with van der Waals surface area (Å²) in [6.07, 6.45) is 1.67. The number of halogens is 2. The Balaban J connectivity index is 0.00000341. The van der Waals surface area contributed by atoms with Crippen molar-refractivity contribution in [2.45, 2.75) is 13.2 Å². The summed E-state index contributed by atoms with van der Waals surface area (Å²) in [5, 5.41) is 13.2. The number of amides is 1. The lowest BCUT2D eigenvalue weighted by molar-refractivity contribution is -0.0000156. The molecule has 2 aromatic heterocycles. The van der Waals surface area contributed by atoms with E-state index < -0.39 is 5.91 Å². The van der Waals surface area contributed by atoms with Crippen molar-refractivity contribution in [2.24, 2.45) is 0 Å². The standard InChI is InChI=1S/C19H21ClN6O4.ClH/c1-28-15-8-12(2-4-14(15)29-11-13-3-5-16(20)24-10-13)9-22-6-7-23-19(27)17-18(21)26-30-25-17;/h2-5,8,10,22H,6-7,9,11H2,1H3,(H2,21,26)(H,23,27);1H/p-1. The van der Waals surface area contributed by atoms with Crippen LogP contribution in [0.1, 0.15) is 21.6 Å². The average molecular weight is 468 g/mol. The number of pyridine rings is 1. The molecule has 166 valence electrons. The van der Waals surface area contributed by atoms with Gasteiger partial charge >= 0.3 is 0 Å². The van der Waals surface area contributed by atoms with E-state index in [-0.39, 0.29) is 23.9 Å². The van der Waals surface area contributed by atoms with Crippen LogP contribution in [-0.4, -0.2) is 41.4 Å². The third-order valence-electron chi connectivity index (χ3n) is 4.06. The Morgan fingerprint density at radius 3 is 2.65 bits per heavy atom. The largest absolute Gasteiger partial charge is 1.00 e. The highest BCUT2D eigenvalue weighted by atomic mass is 35.5. The van der Waals surface area contributed by atoms with Crippen molar-refractivity contribution in [3.8, 4) is 11.5 Å². The number of hydrogen-bond donors (Lipinski definition) is 3. The number of carbonyl (C=O) groups excluding carboxylic acids is 1. The number of nitrogen functional groups attached to an aromatic ring is 1. The van der Waals surface area contributed by atoms with Gasteiger partial charge in [-0.1, -0.05) is 23.7 Å². The monoisotopic (exact) mass is 467 g/mol. The number of nitrogens with zero attached hydrogens (tertiary/aromatic N) is 3. The van der Waals surface area contributed by atoms with Crippen LogP contribution in [0.3, 0.4) is 0 Å². The van der Waals surface area contributed by atoms with Crippen LogP contribution in [0.25, 0.3) is 0 Å². The molecule has 4 N–H and O–H groups in total. The van der Waals surface area contributed by atoms with E-state index in [2.05, 4.69) is 30.6 Å². The predicted molar refractivity (Wildman–Crippen MR) is 109 cm³/mol. The fourth-order valence-corrected chi connectivity index (χ4v) is 2.64. The van der Waals surface area contributed by atoms with Crippen LogP contribution in [0.4, 0.5) is 5.82 Å². The highest BCUT2D eigenvalue weighted by Crippen LogP contribution is 2.28. The Kier molecular flexibility index (Phi) is 9.32. The maximum atomic E-state index is 11.8. The lowest BCUT2D eigenvalue weighted by atomic mass is 10.2. The molecular weight excluding hydrogens is 447 g/mol. The number of hydrogen-bond acceptors (Lipinski definition) is 9. The van der Waals surface area contributed by atoms with Crippen LogP contribution in [0, 0.1) is 0 Å². The summed E-state index contributed by atoms with van der Waals surface area (Å²) in [4.78, 5) is 15.9. The summed E-state index contributed by atoms with van der Waals surface area (Å²) < 4.78 is 15.6. The van der Waals surface area contributed by atoms with Crippen molar-refractivity contribution < 1.29 is 31.3 Å². The minimum absolute atomic E-state index is 0. The van der Waals surface area contributed by atoms with Gasteiger partial charge in [-0.05, 0) is 34.1 Å². The number of ether oxygens (including phenoxy) is 2. The van der Waals surface area contributed by atoms with Crippen molar-refractivity contribution in [3.05, 3.63) is 58.5 Å². The molecule has 0 aliphatic rings. The lowest BCUT2D eigenvalue weighted by Gasteiger charge is -2.13. The van der Waals surface area contributed by atoms with Crippen LogP contribution in [0.2, 0.25) is 5.15 Å². The minimum atomic E-state index is -0.436. The lowest BCUT2D eigenvalue weighted by Crippen LogP contribution is -3.00. The molecule has 31 heavy (non-hydrogen) atoms. The molecular formula is C19H21Cl2N6O4-. The molecule has 0 aliphatic carbocycles. The molecule has 0 spiro atoms. The van der Waals surface area contributed by atoms with Crippen LogP contribution >= 0.6 is 11.6 Å². The quantitative estimate of drug-likeness (QED) is 0.248. The average Bonchev–Trinajstić information content (AvgIpc) is 3.19. The fraction of sp³-hybridized carbons (Fsp3) is 0.263. The second-order valence-corrected chi connectivity index (χ2v) is 6.58. The molecule has 0 saturated heterocycles. The van der Waals surface area contributed by atoms with Crippen molar-refractivity contribution in [2.75, 3.05) is 25.9 Å². The number of rotatable bonds is 10. The summed E-state index contributed by atoms with van der Waals surface area (Å²) in [5.74, 6) is 0.776. The third-order valence-corrected chi connectivity index (χ3v) is 4.28. The molecule has 2 heterocycles. The third kappa shape index (κ3) is 6.99. The molecule has 12 heteroatoms. The summed E-state index contributed by atoms with van der Waals surface area (Å²) in [5.41, 5.74) is 7.35. The van der Waals surface area contributed by atoms with Gasteiger partial charge in [-0.25, -0.2) is 9.61 Å². The maximum absolute atomic E-state index is 11.8. The van der Waals surface area contributed by atoms with E-state index in [4.69, 9.17) is 26.8 Å². The molecule has 0 aliphatic heterocycles. The Morgan fingerprint density at radius 1 is 1.16 bits per heavy atom. The number of nitrogens with one attached hydrogen (secondary N) is 2. The van der Waals surface area contributed by atoms with Gasteiger partial charge in [0, 0.05) is 31.4 Å². The van der Waals surface area contributed by atoms with E-state index in [0.717, 1.165) is 11.1 Å². The van der Waals surface area contributed by atoms with Gasteiger partial charge in [0.15, 0.2) is 11.5 Å². The Hall–Kier alpha value is -3.08. The van der Waals surface area contributed by atoms with Gasteiger partial charge in [0.05, 0.1) is 7.11 Å². The number of aromatic nitrogens is 3. The van der Waals surface area contributed by atoms with Gasteiger partial charge in [-0.2, -0.15) is 0 Å². The zero-order chi connectivity index (χ0) is 21.3. The molecule has 3 rings (SSSR count). The van der Waals surface area contributed by atoms with Gasteiger partial charge in [-0.3, -0.25) is 4.79 Å². The van der Waals surface area contributed by atoms with Crippen molar-refractivity contribution in [1.82, 2.24) is 25.9 Å². The van der Waals surface area contributed by atoms with Crippen LogP contribution in [0.5, 0.6) is 11.5 Å². The van der Waals surface area contributed by atoms with E-state index in [0.29, 0.717) is 42.9 Å². The maximum Gasteiger partial charge on any atom is 0.277 e. The molecule has 0 saturated carbocycles. The summed E-state index contributed by atoms with van der Waals surface area (Å²) in [7, 11) is 1.59. The SMILES string of the molecule is COc1cc(CNCCNC(=O)c2nonc2N)ccc1OCc1ccc(Cl)nc1.[Cl-]. The first kappa shape index (κ1) is 24.2. The van der Waals surface area contributed by atoms with Gasteiger partial charge in [0.2, 0.25) is 11.5 Å².